The fraction of sp³-hybridized carbons (Fsp3) is 0.417. The lowest BCUT2D eigenvalue weighted by Gasteiger charge is -2.07. The van der Waals surface area contributed by atoms with Crippen molar-refractivity contribution >= 4 is 5.91 Å². The molecule has 0 spiro atoms. The van der Waals surface area contributed by atoms with E-state index in [1.807, 2.05) is 25.1 Å². The van der Waals surface area contributed by atoms with Gasteiger partial charge in [-0.2, -0.15) is 0 Å². The average molecular weight is 237 g/mol. The summed E-state index contributed by atoms with van der Waals surface area (Å²) in [4.78, 5) is 11.4. The Morgan fingerprint density at radius 1 is 1.47 bits per heavy atom. The predicted molar refractivity (Wildman–Crippen MR) is 60.9 cm³/mol. The third-order valence-corrected chi connectivity index (χ3v) is 2.39. The zero-order chi connectivity index (χ0) is 12.1. The highest BCUT2D eigenvalue weighted by Crippen LogP contribution is 2.35. The van der Waals surface area contributed by atoms with Gasteiger partial charge in [-0.05, 0) is 13.0 Å². The Morgan fingerprint density at radius 3 is 3.18 bits per heavy atom. The van der Waals surface area contributed by atoms with E-state index in [4.69, 9.17) is 14.2 Å². The Hall–Kier alpha value is -1.75. The minimum absolute atomic E-state index is 0.0862. The van der Waals surface area contributed by atoms with Gasteiger partial charge in [-0.1, -0.05) is 12.1 Å². The number of hydrogen-bond donors (Lipinski definition) is 1. The second-order valence-electron chi connectivity index (χ2n) is 3.56. The summed E-state index contributed by atoms with van der Waals surface area (Å²) >= 11 is 0. The van der Waals surface area contributed by atoms with E-state index in [0.29, 0.717) is 18.9 Å². The third kappa shape index (κ3) is 2.88. The number of hydrogen-bond acceptors (Lipinski definition) is 4. The van der Waals surface area contributed by atoms with Gasteiger partial charge in [0.25, 0.3) is 0 Å². The maximum Gasteiger partial charge on any atom is 0.246 e. The van der Waals surface area contributed by atoms with Crippen LogP contribution in [0.3, 0.4) is 0 Å². The van der Waals surface area contributed by atoms with E-state index in [2.05, 4.69) is 5.32 Å². The van der Waals surface area contributed by atoms with Gasteiger partial charge in [0.1, 0.15) is 6.61 Å². The molecule has 0 saturated heterocycles. The summed E-state index contributed by atoms with van der Waals surface area (Å²) in [7, 11) is 0. The van der Waals surface area contributed by atoms with Gasteiger partial charge in [0.15, 0.2) is 11.5 Å². The topological polar surface area (TPSA) is 56.8 Å². The number of amides is 1. The molecule has 1 aliphatic rings. The molecule has 1 amide bonds. The number of fused-ring (bicyclic) bond motifs is 1. The van der Waals surface area contributed by atoms with E-state index < -0.39 is 0 Å². The predicted octanol–water partition coefficient (Wildman–Crippen LogP) is 1.07. The monoisotopic (exact) mass is 237 g/mol. The van der Waals surface area contributed by atoms with Gasteiger partial charge in [0.05, 0.1) is 0 Å². The van der Waals surface area contributed by atoms with Gasteiger partial charge in [-0.3, -0.25) is 4.79 Å². The highest BCUT2D eigenvalue weighted by Gasteiger charge is 2.17. The quantitative estimate of drug-likeness (QED) is 0.832. The molecule has 0 bridgehead atoms. The van der Waals surface area contributed by atoms with Gasteiger partial charge in [0.2, 0.25) is 12.7 Å². The Bertz CT molecular complexity index is 405. The molecule has 5 heteroatoms. The normalized spacial score (nSPS) is 12.5. The largest absolute Gasteiger partial charge is 0.454 e. The summed E-state index contributed by atoms with van der Waals surface area (Å²) < 4.78 is 15.6. The van der Waals surface area contributed by atoms with Crippen LogP contribution >= 0.6 is 0 Å². The Labute approximate surface area is 99.7 Å². The van der Waals surface area contributed by atoms with Crippen molar-refractivity contribution in [3.63, 3.8) is 0 Å². The molecule has 1 aromatic rings. The van der Waals surface area contributed by atoms with Crippen LogP contribution in [0.4, 0.5) is 0 Å². The smallest absolute Gasteiger partial charge is 0.246 e. The lowest BCUT2D eigenvalue weighted by atomic mass is 10.2. The second kappa shape index (κ2) is 5.54. The van der Waals surface area contributed by atoms with Crippen LogP contribution in [-0.2, 0) is 16.1 Å². The molecule has 1 N–H and O–H groups in total. The van der Waals surface area contributed by atoms with Crippen molar-refractivity contribution in [2.24, 2.45) is 0 Å². The van der Waals surface area contributed by atoms with E-state index in [1.54, 1.807) is 0 Å². The van der Waals surface area contributed by atoms with Gasteiger partial charge in [0, 0.05) is 18.7 Å². The minimum Gasteiger partial charge on any atom is -0.454 e. The standard InChI is InChI=1S/C12H15NO4/c1-2-15-7-11(14)13-6-9-4-3-5-10-12(9)17-8-16-10/h3-5H,2,6-8H2,1H3,(H,13,14). The molecule has 0 saturated carbocycles. The lowest BCUT2D eigenvalue weighted by Crippen LogP contribution is -2.27. The van der Waals surface area contributed by atoms with Crippen LogP contribution in [0.25, 0.3) is 0 Å². The van der Waals surface area contributed by atoms with Crippen molar-refractivity contribution in [3.05, 3.63) is 23.8 Å². The molecule has 1 aliphatic heterocycles. The van der Waals surface area contributed by atoms with Crippen LogP contribution in [0.2, 0.25) is 0 Å². The number of nitrogens with one attached hydrogen (secondary N) is 1. The molecule has 1 heterocycles. The lowest BCUT2D eigenvalue weighted by molar-refractivity contribution is -0.125. The first-order chi connectivity index (χ1) is 8.31. The highest BCUT2D eigenvalue weighted by molar-refractivity contribution is 5.77. The number of ether oxygens (including phenoxy) is 3. The van der Waals surface area contributed by atoms with Crippen LogP contribution in [0.5, 0.6) is 11.5 Å². The number of rotatable bonds is 5. The Balaban J connectivity index is 1.91. The maximum atomic E-state index is 11.4. The highest BCUT2D eigenvalue weighted by atomic mass is 16.7. The molecule has 2 rings (SSSR count). The summed E-state index contributed by atoms with van der Waals surface area (Å²) in [6.07, 6.45) is 0. The van der Waals surface area contributed by atoms with Crippen molar-refractivity contribution in [1.82, 2.24) is 5.32 Å². The average Bonchev–Trinajstić information content (AvgIpc) is 2.82. The summed E-state index contributed by atoms with van der Waals surface area (Å²) in [5.41, 5.74) is 0.907. The second-order valence-corrected chi connectivity index (χ2v) is 3.56. The number of carbonyl (C=O) groups excluding carboxylic acids is 1. The number of para-hydroxylation sites is 1. The molecule has 0 unspecified atom stereocenters. The minimum atomic E-state index is -0.136. The summed E-state index contributed by atoms with van der Waals surface area (Å²) in [6.45, 7) is 3.12. The molecule has 0 radical (unpaired) electrons. The number of carbonyl (C=O) groups is 1. The van der Waals surface area contributed by atoms with Crippen molar-refractivity contribution in [2.45, 2.75) is 13.5 Å². The van der Waals surface area contributed by atoms with E-state index in [0.717, 1.165) is 11.3 Å². The van der Waals surface area contributed by atoms with Crippen LogP contribution in [0.15, 0.2) is 18.2 Å². The van der Waals surface area contributed by atoms with Crippen molar-refractivity contribution in [3.8, 4) is 11.5 Å². The van der Waals surface area contributed by atoms with Crippen LogP contribution in [0.1, 0.15) is 12.5 Å². The zero-order valence-corrected chi connectivity index (χ0v) is 9.69. The van der Waals surface area contributed by atoms with E-state index >= 15 is 0 Å². The maximum absolute atomic E-state index is 11.4. The first-order valence-electron chi connectivity index (χ1n) is 5.53. The van der Waals surface area contributed by atoms with Gasteiger partial charge < -0.3 is 19.5 Å². The SMILES string of the molecule is CCOCC(=O)NCc1cccc2c1OCO2. The van der Waals surface area contributed by atoms with Crippen molar-refractivity contribution in [1.29, 1.82) is 0 Å². The molecule has 17 heavy (non-hydrogen) atoms. The molecule has 0 aliphatic carbocycles. The van der Waals surface area contributed by atoms with Gasteiger partial charge >= 0.3 is 0 Å². The molecule has 92 valence electrons. The Kier molecular flexibility index (Phi) is 3.82. The third-order valence-electron chi connectivity index (χ3n) is 2.39. The molecule has 1 aromatic carbocycles. The van der Waals surface area contributed by atoms with Gasteiger partial charge in [-0.15, -0.1) is 0 Å². The van der Waals surface area contributed by atoms with E-state index in [-0.39, 0.29) is 19.3 Å². The number of benzene rings is 1. The zero-order valence-electron chi connectivity index (χ0n) is 9.69. The first-order valence-corrected chi connectivity index (χ1v) is 5.53. The molecular formula is C12H15NO4. The molecule has 5 nitrogen and oxygen atoms in total. The van der Waals surface area contributed by atoms with Gasteiger partial charge in [-0.25, -0.2) is 0 Å². The molecule has 0 atom stereocenters. The fourth-order valence-corrected chi connectivity index (χ4v) is 1.57. The molecule has 0 fully saturated rings. The molecular weight excluding hydrogens is 222 g/mol. The Morgan fingerprint density at radius 2 is 2.35 bits per heavy atom. The summed E-state index contributed by atoms with van der Waals surface area (Å²) in [5, 5.41) is 2.76. The van der Waals surface area contributed by atoms with Crippen LogP contribution < -0.4 is 14.8 Å². The summed E-state index contributed by atoms with van der Waals surface area (Å²) in [6, 6.07) is 5.61. The van der Waals surface area contributed by atoms with E-state index in [1.165, 1.54) is 0 Å². The van der Waals surface area contributed by atoms with Crippen molar-refractivity contribution < 1.29 is 19.0 Å². The fourth-order valence-electron chi connectivity index (χ4n) is 1.57. The first kappa shape index (κ1) is 11.7. The summed E-state index contributed by atoms with van der Waals surface area (Å²) in [5.74, 6) is 1.30. The molecule has 0 aromatic heterocycles. The van der Waals surface area contributed by atoms with Crippen LogP contribution in [-0.4, -0.2) is 25.9 Å². The van der Waals surface area contributed by atoms with Crippen LogP contribution in [0, 0.1) is 0 Å². The van der Waals surface area contributed by atoms with Crippen molar-refractivity contribution in [2.75, 3.05) is 20.0 Å². The van der Waals surface area contributed by atoms with E-state index in [9.17, 15) is 4.79 Å².